The van der Waals surface area contributed by atoms with E-state index in [-0.39, 0.29) is 0 Å². The molecule has 0 radical (unpaired) electrons. The second-order valence-corrected chi connectivity index (χ2v) is 4.83. The first kappa shape index (κ1) is 12.6. The number of aromatic nitrogens is 1. The van der Waals surface area contributed by atoms with Crippen LogP contribution in [0.3, 0.4) is 0 Å². The maximum absolute atomic E-state index is 6.25. The molecule has 0 amide bonds. The molecule has 0 saturated carbocycles. The van der Waals surface area contributed by atoms with Crippen LogP contribution in [0.5, 0.6) is 0 Å². The van der Waals surface area contributed by atoms with Gasteiger partial charge in [-0.2, -0.15) is 0 Å². The van der Waals surface area contributed by atoms with Crippen molar-refractivity contribution in [3.8, 4) is 0 Å². The van der Waals surface area contributed by atoms with Gasteiger partial charge in [-0.3, -0.25) is 4.98 Å². The van der Waals surface area contributed by atoms with Gasteiger partial charge in [-0.25, -0.2) is 0 Å². The Hall–Kier alpha value is -0.830. The van der Waals surface area contributed by atoms with E-state index in [4.69, 9.17) is 23.2 Å². The number of aryl methyl sites for hydroxylation is 1. The van der Waals surface area contributed by atoms with Crippen molar-refractivity contribution in [2.75, 3.05) is 6.54 Å². The van der Waals surface area contributed by atoms with E-state index in [1.165, 1.54) is 0 Å². The molecule has 0 unspecified atom stereocenters. The molecule has 17 heavy (non-hydrogen) atoms. The van der Waals surface area contributed by atoms with Gasteiger partial charge in [0, 0.05) is 22.6 Å². The van der Waals surface area contributed by atoms with Crippen molar-refractivity contribution in [2.24, 2.45) is 0 Å². The lowest BCUT2D eigenvalue weighted by molar-refractivity contribution is 0.729. The maximum atomic E-state index is 6.25. The smallest absolute Gasteiger partial charge is 0.0738 e. The molecule has 1 N–H and O–H groups in total. The van der Waals surface area contributed by atoms with Crippen LogP contribution in [0.4, 0.5) is 0 Å². The Morgan fingerprint density at radius 2 is 2.00 bits per heavy atom. The molecule has 1 aromatic heterocycles. The number of halogens is 2. The van der Waals surface area contributed by atoms with Crippen molar-refractivity contribution in [3.05, 3.63) is 39.5 Å². The lowest BCUT2D eigenvalue weighted by atomic mass is 10.1. The number of rotatable bonds is 3. The highest BCUT2D eigenvalue weighted by Gasteiger charge is 2.09. The molecular formula is C13H14Cl2N2. The molecule has 1 aromatic carbocycles. The molecule has 4 heteroatoms. The number of hydrogen-bond acceptors (Lipinski definition) is 2. The lowest BCUT2D eigenvalue weighted by Crippen LogP contribution is -2.12. The van der Waals surface area contributed by atoms with E-state index in [0.29, 0.717) is 10.0 Å². The predicted octanol–water partition coefficient (Wildman–Crippen LogP) is 3.96. The standard InChI is InChI=1S/C13H14Cl2N2/c1-3-16-7-9-4-8(2)17-12-6-10(14)5-11(15)13(9)12/h4-6,16H,3,7H2,1-2H3. The first-order chi connectivity index (χ1) is 8.11. The van der Waals surface area contributed by atoms with Crippen LogP contribution in [-0.2, 0) is 6.54 Å². The van der Waals surface area contributed by atoms with E-state index in [0.717, 1.165) is 35.2 Å². The number of nitrogens with zero attached hydrogens (tertiary/aromatic N) is 1. The van der Waals surface area contributed by atoms with Gasteiger partial charge in [0.25, 0.3) is 0 Å². The summed E-state index contributed by atoms with van der Waals surface area (Å²) in [4.78, 5) is 4.47. The van der Waals surface area contributed by atoms with Gasteiger partial charge in [-0.15, -0.1) is 0 Å². The highest BCUT2D eigenvalue weighted by Crippen LogP contribution is 2.30. The molecule has 0 fully saturated rings. The second kappa shape index (κ2) is 5.21. The lowest BCUT2D eigenvalue weighted by Gasteiger charge is -2.10. The second-order valence-electron chi connectivity index (χ2n) is 3.98. The summed E-state index contributed by atoms with van der Waals surface area (Å²) in [6.45, 7) is 5.77. The van der Waals surface area contributed by atoms with Crippen LogP contribution in [0.2, 0.25) is 10.0 Å². The molecular weight excluding hydrogens is 255 g/mol. The minimum Gasteiger partial charge on any atom is -0.313 e. The van der Waals surface area contributed by atoms with E-state index in [9.17, 15) is 0 Å². The van der Waals surface area contributed by atoms with Crippen LogP contribution in [-0.4, -0.2) is 11.5 Å². The minimum atomic E-state index is 0.620. The normalized spacial score (nSPS) is 11.1. The molecule has 0 saturated heterocycles. The third-order valence-electron chi connectivity index (χ3n) is 2.60. The average molecular weight is 269 g/mol. The van der Waals surface area contributed by atoms with E-state index in [1.54, 1.807) is 6.07 Å². The Morgan fingerprint density at radius 3 is 2.71 bits per heavy atom. The van der Waals surface area contributed by atoms with Crippen molar-refractivity contribution >= 4 is 34.1 Å². The highest BCUT2D eigenvalue weighted by molar-refractivity contribution is 6.38. The summed E-state index contributed by atoms with van der Waals surface area (Å²) in [6, 6.07) is 5.67. The topological polar surface area (TPSA) is 24.9 Å². The zero-order chi connectivity index (χ0) is 12.4. The largest absolute Gasteiger partial charge is 0.313 e. The van der Waals surface area contributed by atoms with Gasteiger partial charge < -0.3 is 5.32 Å². The quantitative estimate of drug-likeness (QED) is 0.912. The molecule has 0 aliphatic rings. The van der Waals surface area contributed by atoms with Crippen LogP contribution in [0.15, 0.2) is 18.2 Å². The van der Waals surface area contributed by atoms with Crippen LogP contribution in [0.25, 0.3) is 10.9 Å². The Morgan fingerprint density at radius 1 is 1.24 bits per heavy atom. The Balaban J connectivity index is 2.65. The highest BCUT2D eigenvalue weighted by atomic mass is 35.5. The fourth-order valence-electron chi connectivity index (χ4n) is 1.91. The molecule has 2 rings (SSSR count). The summed E-state index contributed by atoms with van der Waals surface area (Å²) < 4.78 is 0. The van der Waals surface area contributed by atoms with E-state index < -0.39 is 0 Å². The Kier molecular flexibility index (Phi) is 3.87. The van der Waals surface area contributed by atoms with Gasteiger partial charge in [0.05, 0.1) is 10.5 Å². The molecule has 0 bridgehead atoms. The van der Waals surface area contributed by atoms with Gasteiger partial charge in [0.1, 0.15) is 0 Å². The first-order valence-corrected chi connectivity index (χ1v) is 6.33. The molecule has 2 aromatic rings. The Labute approximate surface area is 111 Å². The van der Waals surface area contributed by atoms with Gasteiger partial charge in [-0.1, -0.05) is 30.1 Å². The third kappa shape index (κ3) is 2.71. The monoisotopic (exact) mass is 268 g/mol. The van der Waals surface area contributed by atoms with Crippen LogP contribution >= 0.6 is 23.2 Å². The van der Waals surface area contributed by atoms with Gasteiger partial charge >= 0.3 is 0 Å². The summed E-state index contributed by atoms with van der Waals surface area (Å²) in [5, 5.41) is 5.58. The molecule has 2 nitrogen and oxygen atoms in total. The van der Waals surface area contributed by atoms with Crippen molar-refractivity contribution in [1.82, 2.24) is 10.3 Å². The van der Waals surface area contributed by atoms with Crippen molar-refractivity contribution in [1.29, 1.82) is 0 Å². The summed E-state index contributed by atoms with van der Waals surface area (Å²) in [6.07, 6.45) is 0. The minimum absolute atomic E-state index is 0.620. The predicted molar refractivity (Wildman–Crippen MR) is 73.9 cm³/mol. The average Bonchev–Trinajstić information content (AvgIpc) is 2.24. The molecule has 0 spiro atoms. The fourth-order valence-corrected chi connectivity index (χ4v) is 2.52. The summed E-state index contributed by atoms with van der Waals surface area (Å²) in [5.74, 6) is 0. The van der Waals surface area contributed by atoms with Gasteiger partial charge in [0.15, 0.2) is 0 Å². The molecule has 0 aliphatic heterocycles. The Bertz CT molecular complexity index is 547. The number of nitrogens with one attached hydrogen (secondary N) is 1. The summed E-state index contributed by atoms with van der Waals surface area (Å²) >= 11 is 12.2. The number of fused-ring (bicyclic) bond motifs is 1. The molecule has 90 valence electrons. The number of hydrogen-bond donors (Lipinski definition) is 1. The van der Waals surface area contributed by atoms with Crippen molar-refractivity contribution in [3.63, 3.8) is 0 Å². The van der Waals surface area contributed by atoms with E-state index in [2.05, 4.69) is 23.3 Å². The van der Waals surface area contributed by atoms with Crippen LogP contribution < -0.4 is 5.32 Å². The number of pyridine rings is 1. The summed E-state index contributed by atoms with van der Waals surface area (Å²) in [5.41, 5.74) is 3.00. The number of benzene rings is 1. The van der Waals surface area contributed by atoms with Crippen molar-refractivity contribution < 1.29 is 0 Å². The SMILES string of the molecule is CCNCc1cc(C)nc2cc(Cl)cc(Cl)c12. The van der Waals surface area contributed by atoms with Crippen molar-refractivity contribution in [2.45, 2.75) is 20.4 Å². The fraction of sp³-hybridized carbons (Fsp3) is 0.308. The van der Waals surface area contributed by atoms with Gasteiger partial charge in [0.2, 0.25) is 0 Å². The van der Waals surface area contributed by atoms with Gasteiger partial charge in [-0.05, 0) is 37.2 Å². The van der Waals surface area contributed by atoms with E-state index >= 15 is 0 Å². The summed E-state index contributed by atoms with van der Waals surface area (Å²) in [7, 11) is 0. The van der Waals surface area contributed by atoms with Crippen LogP contribution in [0, 0.1) is 6.92 Å². The zero-order valence-electron chi connectivity index (χ0n) is 9.85. The van der Waals surface area contributed by atoms with Crippen LogP contribution in [0.1, 0.15) is 18.2 Å². The maximum Gasteiger partial charge on any atom is 0.0738 e. The zero-order valence-corrected chi connectivity index (χ0v) is 11.4. The molecule has 0 atom stereocenters. The third-order valence-corrected chi connectivity index (χ3v) is 3.12. The first-order valence-electron chi connectivity index (χ1n) is 5.57. The molecule has 1 heterocycles. The molecule has 0 aliphatic carbocycles. The van der Waals surface area contributed by atoms with E-state index in [1.807, 2.05) is 13.0 Å².